The number of halogens is 2. The number of rotatable bonds is 4. The number of benzene rings is 2. The van der Waals surface area contributed by atoms with Crippen molar-refractivity contribution in [2.45, 2.75) is 6.04 Å². The number of carbonyl (C=O) groups is 2. The van der Waals surface area contributed by atoms with Gasteiger partial charge in [0.15, 0.2) is 0 Å². The number of nitrogens with one attached hydrogen (secondary N) is 1. The number of pyridine rings is 1. The average Bonchev–Trinajstić information content (AvgIpc) is 3.49. The van der Waals surface area contributed by atoms with Crippen molar-refractivity contribution in [1.82, 2.24) is 19.8 Å². The van der Waals surface area contributed by atoms with Gasteiger partial charge in [0.05, 0.1) is 35.1 Å². The molecule has 1 N–H and O–H groups in total. The molecule has 4 aromatic rings. The molecule has 10 heteroatoms. The summed E-state index contributed by atoms with van der Waals surface area (Å²) in [7, 11) is 0. The molecule has 7 nitrogen and oxygen atoms in total. The third kappa shape index (κ3) is 3.84. The van der Waals surface area contributed by atoms with Crippen LogP contribution in [0.3, 0.4) is 0 Å². The highest BCUT2D eigenvalue weighted by molar-refractivity contribution is 7.99. The van der Waals surface area contributed by atoms with Gasteiger partial charge in [-0.25, -0.2) is 8.78 Å². The molecule has 1 unspecified atom stereocenters. The molecule has 5 rings (SSSR count). The van der Waals surface area contributed by atoms with Gasteiger partial charge in [0, 0.05) is 40.7 Å². The summed E-state index contributed by atoms with van der Waals surface area (Å²) in [6, 6.07) is 12.0. The van der Waals surface area contributed by atoms with Crippen molar-refractivity contribution in [2.24, 2.45) is 0 Å². The normalized spacial score (nSPS) is 15.6. The van der Waals surface area contributed by atoms with Gasteiger partial charge in [-0.05, 0) is 36.4 Å². The number of aromatic nitrogens is 2. The lowest BCUT2D eigenvalue weighted by molar-refractivity contribution is -0.129. The number of nitriles is 1. The molecule has 3 heterocycles. The van der Waals surface area contributed by atoms with E-state index in [9.17, 15) is 18.4 Å². The Balaban J connectivity index is 1.45. The zero-order valence-corrected chi connectivity index (χ0v) is 18.5. The van der Waals surface area contributed by atoms with Crippen molar-refractivity contribution < 1.29 is 18.4 Å². The molecule has 2 amide bonds. The first-order chi connectivity index (χ1) is 16.5. The van der Waals surface area contributed by atoms with Crippen LogP contribution in [-0.2, 0) is 4.79 Å². The zero-order chi connectivity index (χ0) is 23.8. The van der Waals surface area contributed by atoms with Crippen LogP contribution in [0.1, 0.15) is 10.4 Å². The van der Waals surface area contributed by atoms with Crippen LogP contribution in [0.4, 0.5) is 8.78 Å². The molecule has 1 aliphatic rings. The first-order valence-electron chi connectivity index (χ1n) is 10.4. The Kier molecular flexibility index (Phi) is 5.63. The topological polar surface area (TPSA) is 91.0 Å². The van der Waals surface area contributed by atoms with Crippen LogP contribution in [0, 0.1) is 23.0 Å². The third-order valence-corrected chi connectivity index (χ3v) is 6.73. The second-order valence-electron chi connectivity index (χ2n) is 7.76. The lowest BCUT2D eigenvalue weighted by Gasteiger charge is -2.18. The van der Waals surface area contributed by atoms with Gasteiger partial charge in [0.1, 0.15) is 17.7 Å². The third-order valence-electron chi connectivity index (χ3n) is 5.72. The highest BCUT2D eigenvalue weighted by Crippen LogP contribution is 2.27. The number of hydrogen-bond acceptors (Lipinski definition) is 5. The summed E-state index contributed by atoms with van der Waals surface area (Å²) < 4.78 is 29.6. The molecule has 0 radical (unpaired) electrons. The van der Waals surface area contributed by atoms with E-state index in [1.165, 1.54) is 28.9 Å². The molecule has 0 aliphatic carbocycles. The second-order valence-corrected chi connectivity index (χ2v) is 8.76. The van der Waals surface area contributed by atoms with Crippen molar-refractivity contribution in [3.63, 3.8) is 0 Å². The highest BCUT2D eigenvalue weighted by atomic mass is 32.2. The van der Waals surface area contributed by atoms with Crippen molar-refractivity contribution in [3.05, 3.63) is 72.1 Å². The van der Waals surface area contributed by atoms with Crippen LogP contribution < -0.4 is 5.32 Å². The van der Waals surface area contributed by atoms with Crippen LogP contribution in [0.25, 0.3) is 27.5 Å². The molecular formula is C24H17F2N5O2S. The standard InChI is InChI=1S/C24H17F2N5O2S/c25-14-7-20(26)18-4-6-30(22(18)8-14)15-1-2-21-19(9-15)17(3-5-28-21)24(33)29-11-23(32)31-13-34-12-16(31)10-27/h1-9,16H,11-13H2,(H,29,33). The molecule has 1 atom stereocenters. The minimum atomic E-state index is -0.688. The largest absolute Gasteiger partial charge is 0.343 e. The SMILES string of the molecule is N#CC1CSCN1C(=O)CNC(=O)c1ccnc2ccc(-n3ccc4c(F)cc(F)cc43)cc12. The van der Waals surface area contributed by atoms with E-state index in [2.05, 4.69) is 16.4 Å². The predicted octanol–water partition coefficient (Wildman–Crippen LogP) is 3.61. The van der Waals surface area contributed by atoms with Gasteiger partial charge in [0.25, 0.3) is 5.91 Å². The van der Waals surface area contributed by atoms with Gasteiger partial charge in [-0.1, -0.05) is 0 Å². The first-order valence-corrected chi connectivity index (χ1v) is 11.5. The summed E-state index contributed by atoms with van der Waals surface area (Å²) in [6.07, 6.45) is 3.13. The fourth-order valence-corrected chi connectivity index (χ4v) is 5.12. The Labute approximate surface area is 197 Å². The number of fused-ring (bicyclic) bond motifs is 2. The second kappa shape index (κ2) is 8.76. The monoisotopic (exact) mass is 477 g/mol. The minimum Gasteiger partial charge on any atom is -0.343 e. The van der Waals surface area contributed by atoms with Gasteiger partial charge < -0.3 is 14.8 Å². The summed E-state index contributed by atoms with van der Waals surface area (Å²) in [5.74, 6) is -1.17. The van der Waals surface area contributed by atoms with Crippen LogP contribution in [0.2, 0.25) is 0 Å². The Morgan fingerprint density at radius 2 is 2.03 bits per heavy atom. The van der Waals surface area contributed by atoms with E-state index in [1.54, 1.807) is 41.1 Å². The lowest BCUT2D eigenvalue weighted by atomic mass is 10.1. The number of thioether (sulfide) groups is 1. The van der Waals surface area contributed by atoms with E-state index in [0.717, 1.165) is 6.07 Å². The Morgan fingerprint density at radius 3 is 2.85 bits per heavy atom. The minimum absolute atomic E-state index is 0.234. The van der Waals surface area contributed by atoms with E-state index in [0.29, 0.717) is 39.3 Å². The zero-order valence-electron chi connectivity index (χ0n) is 17.7. The number of hydrogen-bond donors (Lipinski definition) is 1. The van der Waals surface area contributed by atoms with Gasteiger partial charge in [-0.2, -0.15) is 5.26 Å². The molecule has 2 aromatic heterocycles. The molecule has 1 aliphatic heterocycles. The molecule has 0 bridgehead atoms. The maximum absolute atomic E-state index is 14.1. The highest BCUT2D eigenvalue weighted by Gasteiger charge is 2.29. The van der Waals surface area contributed by atoms with Crippen LogP contribution in [-0.4, -0.2) is 50.5 Å². The summed E-state index contributed by atoms with van der Waals surface area (Å²) in [5.41, 5.74) is 1.81. The Hall–Kier alpha value is -3.97. The molecule has 170 valence electrons. The molecule has 1 saturated heterocycles. The van der Waals surface area contributed by atoms with Gasteiger partial charge in [-0.15, -0.1) is 11.8 Å². The summed E-state index contributed by atoms with van der Waals surface area (Å²) >= 11 is 1.49. The maximum atomic E-state index is 14.1. The quantitative estimate of drug-likeness (QED) is 0.485. The summed E-state index contributed by atoms with van der Waals surface area (Å²) in [4.78, 5) is 31.2. The van der Waals surface area contributed by atoms with Gasteiger partial charge in [-0.3, -0.25) is 14.6 Å². The number of carbonyl (C=O) groups excluding carboxylic acids is 2. The van der Waals surface area contributed by atoms with Gasteiger partial charge in [0.2, 0.25) is 5.91 Å². The average molecular weight is 477 g/mol. The van der Waals surface area contributed by atoms with Gasteiger partial charge >= 0.3 is 0 Å². The van der Waals surface area contributed by atoms with E-state index in [4.69, 9.17) is 5.26 Å². The van der Waals surface area contributed by atoms with E-state index >= 15 is 0 Å². The van der Waals surface area contributed by atoms with E-state index < -0.39 is 23.6 Å². The summed E-state index contributed by atoms with van der Waals surface area (Å²) in [5, 5.41) is 12.6. The number of nitrogens with zero attached hydrogens (tertiary/aromatic N) is 4. The van der Waals surface area contributed by atoms with Crippen LogP contribution >= 0.6 is 11.8 Å². The van der Waals surface area contributed by atoms with E-state index in [-0.39, 0.29) is 17.8 Å². The fourth-order valence-electron chi connectivity index (χ4n) is 4.02. The predicted molar refractivity (Wildman–Crippen MR) is 124 cm³/mol. The smallest absolute Gasteiger partial charge is 0.252 e. The van der Waals surface area contributed by atoms with Crippen molar-refractivity contribution in [2.75, 3.05) is 18.2 Å². The van der Waals surface area contributed by atoms with E-state index in [1.807, 2.05) is 0 Å². The molecule has 1 fully saturated rings. The molecule has 34 heavy (non-hydrogen) atoms. The fraction of sp³-hybridized carbons (Fsp3) is 0.167. The molecule has 0 spiro atoms. The van der Waals surface area contributed by atoms with Crippen molar-refractivity contribution >= 4 is 45.4 Å². The lowest BCUT2D eigenvalue weighted by Crippen LogP contribution is -2.42. The molecular weight excluding hydrogens is 460 g/mol. The number of amides is 2. The summed E-state index contributed by atoms with van der Waals surface area (Å²) in [6.45, 7) is -0.234. The Morgan fingerprint density at radius 1 is 1.18 bits per heavy atom. The maximum Gasteiger partial charge on any atom is 0.252 e. The first kappa shape index (κ1) is 21.9. The van der Waals surface area contributed by atoms with Crippen molar-refractivity contribution in [3.8, 4) is 11.8 Å². The Bertz CT molecular complexity index is 1500. The molecule has 2 aromatic carbocycles. The molecule has 0 saturated carbocycles. The van der Waals surface area contributed by atoms with Crippen molar-refractivity contribution in [1.29, 1.82) is 5.26 Å². The van der Waals surface area contributed by atoms with Crippen LogP contribution in [0.5, 0.6) is 0 Å². The van der Waals surface area contributed by atoms with Crippen LogP contribution in [0.15, 0.2) is 54.9 Å².